The van der Waals surface area contributed by atoms with Crippen LogP contribution in [0.3, 0.4) is 0 Å². The fourth-order valence-electron chi connectivity index (χ4n) is 4.77. The maximum atomic E-state index is 13.4. The molecule has 12 nitrogen and oxygen atoms in total. The summed E-state index contributed by atoms with van der Waals surface area (Å²) in [5, 5.41) is 14.1. The molecule has 12 heteroatoms. The van der Waals surface area contributed by atoms with Crippen LogP contribution in [0.4, 0.5) is 0 Å². The normalized spacial score (nSPS) is 16.8. The summed E-state index contributed by atoms with van der Waals surface area (Å²) in [6, 6.07) is 10.2. The summed E-state index contributed by atoms with van der Waals surface area (Å²) >= 11 is 0. The van der Waals surface area contributed by atoms with Crippen LogP contribution < -0.4 is 24.8 Å². The van der Waals surface area contributed by atoms with Gasteiger partial charge < -0.3 is 29.7 Å². The predicted molar refractivity (Wildman–Crippen MR) is 159 cm³/mol. The average molecular weight is 593 g/mol. The first kappa shape index (κ1) is 31.3. The minimum Gasteiger partial charge on any atom is -0.493 e. The van der Waals surface area contributed by atoms with Crippen molar-refractivity contribution < 1.29 is 28.6 Å². The van der Waals surface area contributed by atoms with Gasteiger partial charge in [0.2, 0.25) is 11.8 Å². The van der Waals surface area contributed by atoms with E-state index in [9.17, 15) is 14.4 Å². The maximum Gasteiger partial charge on any atom is 0.255 e. The summed E-state index contributed by atoms with van der Waals surface area (Å²) in [7, 11) is 3.16. The molecule has 0 aliphatic carbocycles. The monoisotopic (exact) mass is 592 g/mol. The van der Waals surface area contributed by atoms with Crippen LogP contribution in [0.2, 0.25) is 0 Å². The molecule has 2 aromatic carbocycles. The molecular weight excluding hydrogens is 552 g/mol. The van der Waals surface area contributed by atoms with Crippen molar-refractivity contribution in [2.75, 3.05) is 33.9 Å². The molecule has 2 N–H and O–H groups in total. The summed E-state index contributed by atoms with van der Waals surface area (Å²) in [5.74, 6) is 0.971. The van der Waals surface area contributed by atoms with Crippen LogP contribution in [-0.2, 0) is 29.1 Å². The Labute approximate surface area is 251 Å². The first-order chi connectivity index (χ1) is 20.8. The van der Waals surface area contributed by atoms with E-state index in [0.717, 1.165) is 11.1 Å². The van der Waals surface area contributed by atoms with E-state index in [2.05, 4.69) is 20.9 Å². The lowest BCUT2D eigenvalue weighted by Crippen LogP contribution is -2.45. The number of hydrogen-bond acceptors (Lipinski definition) is 8. The molecule has 2 bridgehead atoms. The predicted octanol–water partition coefficient (Wildman–Crippen LogP) is 2.67. The highest BCUT2D eigenvalue weighted by Crippen LogP contribution is 2.28. The molecule has 3 aromatic rings. The number of fused-ring (bicyclic) bond motifs is 3. The molecule has 230 valence electrons. The summed E-state index contributed by atoms with van der Waals surface area (Å²) in [6.07, 6.45) is 3.80. The van der Waals surface area contributed by atoms with Gasteiger partial charge in [0.15, 0.2) is 11.5 Å². The van der Waals surface area contributed by atoms with Crippen molar-refractivity contribution in [2.24, 2.45) is 0 Å². The third-order valence-electron chi connectivity index (χ3n) is 7.18. The number of hydrogen-bond donors (Lipinski definition) is 2. The van der Waals surface area contributed by atoms with Crippen LogP contribution >= 0.6 is 0 Å². The van der Waals surface area contributed by atoms with Crippen molar-refractivity contribution >= 4 is 17.7 Å². The zero-order valence-corrected chi connectivity index (χ0v) is 25.2. The Bertz CT molecular complexity index is 1420. The van der Waals surface area contributed by atoms with Gasteiger partial charge in [0.25, 0.3) is 5.91 Å². The summed E-state index contributed by atoms with van der Waals surface area (Å²) in [6.45, 7) is 5.53. The number of aromatic nitrogens is 3. The molecule has 0 spiro atoms. The van der Waals surface area contributed by atoms with Crippen molar-refractivity contribution in [3.8, 4) is 17.2 Å². The minimum absolute atomic E-state index is 0.0383. The number of rotatable bonds is 5. The molecule has 1 atom stereocenters. The van der Waals surface area contributed by atoms with Gasteiger partial charge in [0.1, 0.15) is 17.5 Å². The zero-order valence-electron chi connectivity index (χ0n) is 25.2. The molecule has 1 aliphatic rings. The fourth-order valence-corrected chi connectivity index (χ4v) is 4.77. The smallest absolute Gasteiger partial charge is 0.255 e. The van der Waals surface area contributed by atoms with Crippen molar-refractivity contribution in [1.82, 2.24) is 30.5 Å². The van der Waals surface area contributed by atoms with Crippen LogP contribution in [0.15, 0.2) is 42.6 Å². The van der Waals surface area contributed by atoms with E-state index in [0.29, 0.717) is 80.6 Å². The molecule has 1 aliphatic heterocycles. The number of benzene rings is 2. The van der Waals surface area contributed by atoms with E-state index in [1.54, 1.807) is 36.8 Å². The van der Waals surface area contributed by atoms with Crippen molar-refractivity contribution in [3.63, 3.8) is 0 Å². The first-order valence-corrected chi connectivity index (χ1v) is 14.5. The lowest BCUT2D eigenvalue weighted by molar-refractivity contribution is -0.131. The summed E-state index contributed by atoms with van der Waals surface area (Å²) < 4.78 is 18.4. The SMILES string of the molecule is COc1ccc(CCC(=O)N2CCCNC(=O)[C@@H](C)NC(=O)c3ccc(C)cc3OCCCn3cc(nn3)C2)cc1OC. The van der Waals surface area contributed by atoms with Gasteiger partial charge in [-0.15, -0.1) is 5.10 Å². The van der Waals surface area contributed by atoms with Gasteiger partial charge in [-0.2, -0.15) is 0 Å². The highest BCUT2D eigenvalue weighted by molar-refractivity contribution is 5.99. The van der Waals surface area contributed by atoms with Gasteiger partial charge in [-0.25, -0.2) is 0 Å². The topological polar surface area (TPSA) is 137 Å². The molecule has 0 radical (unpaired) electrons. The van der Waals surface area contributed by atoms with Gasteiger partial charge >= 0.3 is 0 Å². The number of aryl methyl sites for hydroxylation is 3. The lowest BCUT2D eigenvalue weighted by atomic mass is 10.1. The van der Waals surface area contributed by atoms with Crippen LogP contribution in [0.5, 0.6) is 17.2 Å². The van der Waals surface area contributed by atoms with Crippen molar-refractivity contribution in [3.05, 3.63) is 65.0 Å². The Morgan fingerprint density at radius 1 is 1.07 bits per heavy atom. The average Bonchev–Trinajstić information content (AvgIpc) is 3.45. The molecule has 2 heterocycles. The molecule has 0 fully saturated rings. The van der Waals surface area contributed by atoms with E-state index < -0.39 is 6.04 Å². The van der Waals surface area contributed by atoms with Crippen LogP contribution in [0, 0.1) is 6.92 Å². The number of methoxy groups -OCH3 is 2. The highest BCUT2D eigenvalue weighted by Gasteiger charge is 2.21. The Morgan fingerprint density at radius 2 is 1.88 bits per heavy atom. The van der Waals surface area contributed by atoms with Gasteiger partial charge in [-0.3, -0.25) is 19.1 Å². The second kappa shape index (κ2) is 15.0. The Balaban J connectivity index is 1.45. The number of ether oxygens (including phenoxy) is 3. The number of carbonyl (C=O) groups is 3. The van der Waals surface area contributed by atoms with Crippen LogP contribution in [-0.4, -0.2) is 77.6 Å². The maximum absolute atomic E-state index is 13.4. The molecular formula is C31H40N6O6. The molecule has 4 rings (SSSR count). The van der Waals surface area contributed by atoms with Crippen molar-refractivity contribution in [2.45, 2.75) is 58.7 Å². The number of nitrogens with zero attached hydrogens (tertiary/aromatic N) is 4. The van der Waals surface area contributed by atoms with Gasteiger partial charge in [0, 0.05) is 32.5 Å². The fraction of sp³-hybridized carbons (Fsp3) is 0.452. The van der Waals surface area contributed by atoms with E-state index in [-0.39, 0.29) is 24.1 Å². The summed E-state index contributed by atoms with van der Waals surface area (Å²) in [5.41, 5.74) is 2.96. The quantitative estimate of drug-likeness (QED) is 0.462. The highest BCUT2D eigenvalue weighted by atomic mass is 16.5. The third-order valence-corrected chi connectivity index (χ3v) is 7.18. The zero-order chi connectivity index (χ0) is 30.8. The molecule has 1 aromatic heterocycles. The number of carbonyl (C=O) groups excluding carboxylic acids is 3. The molecule has 43 heavy (non-hydrogen) atoms. The number of amides is 3. The van der Waals surface area contributed by atoms with Crippen molar-refractivity contribution in [1.29, 1.82) is 0 Å². The Morgan fingerprint density at radius 3 is 2.67 bits per heavy atom. The van der Waals surface area contributed by atoms with Crippen LogP contribution in [0.25, 0.3) is 0 Å². The Kier molecular flexibility index (Phi) is 11.0. The standard InChI is InChI=1S/C31H40N6O6/c1-21-7-10-25-27(17-21)43-16-6-15-37-20-24(34-35-37)19-36(14-5-13-32-30(39)22(2)33-31(25)40)29(38)12-9-23-8-11-26(41-3)28(18-23)42-4/h7-8,10-11,17-18,20,22H,5-6,9,12-16,19H2,1-4H3,(H,32,39)(H,33,40)/t22-/m1/s1. The molecule has 0 unspecified atom stereocenters. The second-order valence-electron chi connectivity index (χ2n) is 10.5. The van der Waals surface area contributed by atoms with E-state index >= 15 is 0 Å². The lowest BCUT2D eigenvalue weighted by Gasteiger charge is -2.22. The second-order valence-corrected chi connectivity index (χ2v) is 10.5. The van der Waals surface area contributed by atoms with E-state index in [4.69, 9.17) is 14.2 Å². The van der Waals surface area contributed by atoms with E-state index in [1.165, 1.54) is 0 Å². The largest absolute Gasteiger partial charge is 0.493 e. The number of nitrogens with one attached hydrogen (secondary N) is 2. The third kappa shape index (κ3) is 8.69. The van der Waals surface area contributed by atoms with Gasteiger partial charge in [-0.1, -0.05) is 17.3 Å². The first-order valence-electron chi connectivity index (χ1n) is 14.5. The van der Waals surface area contributed by atoms with Gasteiger partial charge in [-0.05, 0) is 62.1 Å². The van der Waals surface area contributed by atoms with E-state index in [1.807, 2.05) is 43.5 Å². The molecule has 0 saturated carbocycles. The Hall–Kier alpha value is -4.61. The summed E-state index contributed by atoms with van der Waals surface area (Å²) in [4.78, 5) is 40.9. The molecule has 3 amide bonds. The van der Waals surface area contributed by atoms with Crippen LogP contribution in [0.1, 0.15) is 53.4 Å². The minimum atomic E-state index is -0.753. The molecule has 0 saturated heterocycles. The van der Waals surface area contributed by atoms with Gasteiger partial charge in [0.05, 0.1) is 39.1 Å².